The van der Waals surface area contributed by atoms with Crippen LogP contribution in [0.3, 0.4) is 0 Å². The van der Waals surface area contributed by atoms with Crippen molar-refractivity contribution in [2.45, 2.75) is 38.6 Å². The zero-order valence-corrected chi connectivity index (χ0v) is 18.8. The van der Waals surface area contributed by atoms with Gasteiger partial charge in [0.15, 0.2) is 11.5 Å². The van der Waals surface area contributed by atoms with Gasteiger partial charge < -0.3 is 25.3 Å². The van der Waals surface area contributed by atoms with Gasteiger partial charge in [-0.25, -0.2) is 0 Å². The molecule has 3 aromatic rings. The van der Waals surface area contributed by atoms with E-state index in [1.807, 2.05) is 6.92 Å². The highest BCUT2D eigenvalue weighted by molar-refractivity contribution is 5.99. The van der Waals surface area contributed by atoms with Gasteiger partial charge in [-0.05, 0) is 56.1 Å². The van der Waals surface area contributed by atoms with Gasteiger partial charge in [0, 0.05) is 25.4 Å². The monoisotopic (exact) mass is 463 g/mol. The number of alkyl halides is 3. The molecule has 1 unspecified atom stereocenters. The van der Waals surface area contributed by atoms with Crippen LogP contribution in [0.4, 0.5) is 18.9 Å². The smallest absolute Gasteiger partial charge is 0.416 e. The second-order valence-electron chi connectivity index (χ2n) is 7.69. The predicted molar refractivity (Wildman–Crippen MR) is 122 cm³/mol. The number of anilines is 1. The molecular formula is C24H28F3N3O3. The van der Waals surface area contributed by atoms with Crippen molar-refractivity contribution in [3.05, 3.63) is 53.7 Å². The molecule has 3 rings (SSSR count). The number of halogens is 3. The Morgan fingerprint density at radius 1 is 1.15 bits per heavy atom. The molecule has 0 amide bonds. The van der Waals surface area contributed by atoms with Crippen LogP contribution < -0.4 is 20.5 Å². The maximum absolute atomic E-state index is 13.2. The van der Waals surface area contributed by atoms with Crippen LogP contribution in [-0.4, -0.2) is 31.8 Å². The Labute approximate surface area is 190 Å². The maximum Gasteiger partial charge on any atom is 0.416 e. The molecule has 178 valence electrons. The predicted octanol–water partition coefficient (Wildman–Crippen LogP) is 5.74. The molecular weight excluding hydrogens is 435 g/mol. The summed E-state index contributed by atoms with van der Waals surface area (Å²) in [5.41, 5.74) is 6.92. The second-order valence-corrected chi connectivity index (χ2v) is 7.69. The number of nitrogens with zero attached hydrogens (tertiary/aromatic N) is 1. The van der Waals surface area contributed by atoms with E-state index in [1.54, 1.807) is 25.4 Å². The molecule has 0 aliphatic heterocycles. The summed E-state index contributed by atoms with van der Waals surface area (Å²) >= 11 is 0. The Hall–Kier alpha value is -3.04. The molecule has 0 spiro atoms. The van der Waals surface area contributed by atoms with Gasteiger partial charge >= 0.3 is 6.18 Å². The normalized spacial score (nSPS) is 12.6. The quantitative estimate of drug-likeness (QED) is 0.399. The molecule has 0 fully saturated rings. The van der Waals surface area contributed by atoms with Crippen LogP contribution in [-0.2, 0) is 17.5 Å². The lowest BCUT2D eigenvalue weighted by atomic mass is 10.0. The zero-order valence-electron chi connectivity index (χ0n) is 18.8. The molecule has 0 aliphatic carbocycles. The summed E-state index contributed by atoms with van der Waals surface area (Å²) in [6.07, 6.45) is -1.10. The lowest BCUT2D eigenvalue weighted by Crippen LogP contribution is -2.17. The Morgan fingerprint density at radius 3 is 2.61 bits per heavy atom. The van der Waals surface area contributed by atoms with Gasteiger partial charge in [0.1, 0.15) is 5.75 Å². The number of rotatable bonds is 10. The molecule has 0 aliphatic rings. The Bertz CT molecular complexity index is 1090. The number of ether oxygens (including phenoxy) is 3. The van der Waals surface area contributed by atoms with Gasteiger partial charge in [-0.15, -0.1) is 0 Å². The summed E-state index contributed by atoms with van der Waals surface area (Å²) in [4.78, 5) is 4.53. The summed E-state index contributed by atoms with van der Waals surface area (Å²) in [7, 11) is 3.04. The van der Waals surface area contributed by atoms with E-state index in [0.717, 1.165) is 36.2 Å². The Balaban J connectivity index is 2.15. The van der Waals surface area contributed by atoms with Gasteiger partial charge in [0.2, 0.25) is 0 Å². The molecule has 1 heterocycles. The largest absolute Gasteiger partial charge is 0.493 e. The van der Waals surface area contributed by atoms with E-state index >= 15 is 0 Å². The number of benzene rings is 2. The van der Waals surface area contributed by atoms with E-state index in [2.05, 4.69) is 10.3 Å². The second kappa shape index (κ2) is 10.7. The van der Waals surface area contributed by atoms with E-state index < -0.39 is 11.7 Å². The zero-order chi connectivity index (χ0) is 24.0. The lowest BCUT2D eigenvalue weighted by molar-refractivity contribution is -0.137. The average Bonchev–Trinajstić information content (AvgIpc) is 2.79. The fourth-order valence-electron chi connectivity index (χ4n) is 3.60. The van der Waals surface area contributed by atoms with Crippen molar-refractivity contribution in [3.63, 3.8) is 0 Å². The van der Waals surface area contributed by atoms with Crippen LogP contribution in [0.1, 0.15) is 30.9 Å². The minimum Gasteiger partial charge on any atom is -0.493 e. The van der Waals surface area contributed by atoms with Crippen LogP contribution in [0.25, 0.3) is 10.9 Å². The molecule has 2 aromatic carbocycles. The highest BCUT2D eigenvalue weighted by atomic mass is 19.4. The van der Waals surface area contributed by atoms with E-state index in [4.69, 9.17) is 19.9 Å². The van der Waals surface area contributed by atoms with Gasteiger partial charge in [-0.3, -0.25) is 4.98 Å². The lowest BCUT2D eigenvalue weighted by Gasteiger charge is -2.21. The third kappa shape index (κ3) is 5.85. The van der Waals surface area contributed by atoms with Crippen molar-refractivity contribution < 1.29 is 27.4 Å². The van der Waals surface area contributed by atoms with Crippen molar-refractivity contribution in [2.75, 3.05) is 26.1 Å². The third-order valence-corrected chi connectivity index (χ3v) is 5.16. The van der Waals surface area contributed by atoms with Crippen molar-refractivity contribution >= 4 is 16.6 Å². The standard InChI is InChI=1S/C24H28F3N3O3/c1-15(6-5-10-28)30-19-13-20(32-3)23(21-16(14-31-2)9-11-29-22(19)21)33-18-8-4-7-17(12-18)24(25,26)27/h4,7-9,11-13,15,30H,5-6,10,14,28H2,1-3H3. The van der Waals surface area contributed by atoms with E-state index in [9.17, 15) is 13.2 Å². The van der Waals surface area contributed by atoms with Gasteiger partial charge in [0.05, 0.1) is 35.9 Å². The highest BCUT2D eigenvalue weighted by Crippen LogP contribution is 2.44. The Kier molecular flexibility index (Phi) is 7.99. The number of fused-ring (bicyclic) bond motifs is 1. The fraction of sp³-hybridized carbons (Fsp3) is 0.375. The van der Waals surface area contributed by atoms with Crippen molar-refractivity contribution in [1.82, 2.24) is 4.98 Å². The average molecular weight is 464 g/mol. The van der Waals surface area contributed by atoms with Crippen LogP contribution >= 0.6 is 0 Å². The number of aromatic nitrogens is 1. The third-order valence-electron chi connectivity index (χ3n) is 5.16. The minimum atomic E-state index is -4.48. The van der Waals surface area contributed by atoms with Crippen molar-refractivity contribution in [2.24, 2.45) is 5.73 Å². The molecule has 33 heavy (non-hydrogen) atoms. The summed E-state index contributed by atoms with van der Waals surface area (Å²) < 4.78 is 56.6. The first-order chi connectivity index (χ1) is 15.8. The van der Waals surface area contributed by atoms with Crippen LogP contribution in [0.2, 0.25) is 0 Å². The molecule has 3 N–H and O–H groups in total. The van der Waals surface area contributed by atoms with Crippen LogP contribution in [0.15, 0.2) is 42.6 Å². The first-order valence-electron chi connectivity index (χ1n) is 10.6. The number of nitrogens with one attached hydrogen (secondary N) is 1. The molecule has 9 heteroatoms. The molecule has 6 nitrogen and oxygen atoms in total. The van der Waals surface area contributed by atoms with Gasteiger partial charge in [-0.2, -0.15) is 13.2 Å². The summed E-state index contributed by atoms with van der Waals surface area (Å²) in [6, 6.07) is 8.36. The number of hydrogen-bond acceptors (Lipinski definition) is 6. The SMILES string of the molecule is COCc1ccnc2c(NC(C)CCCN)cc(OC)c(Oc3cccc(C(F)(F)F)c3)c12. The van der Waals surface area contributed by atoms with Gasteiger partial charge in [-0.1, -0.05) is 6.07 Å². The fourth-order valence-corrected chi connectivity index (χ4v) is 3.60. The van der Waals surface area contributed by atoms with E-state index in [1.165, 1.54) is 19.2 Å². The van der Waals surface area contributed by atoms with Crippen LogP contribution in [0, 0.1) is 0 Å². The molecule has 0 bridgehead atoms. The molecule has 1 aromatic heterocycles. The van der Waals surface area contributed by atoms with Crippen LogP contribution in [0.5, 0.6) is 17.2 Å². The molecule has 0 radical (unpaired) electrons. The van der Waals surface area contributed by atoms with E-state index in [-0.39, 0.29) is 24.1 Å². The summed E-state index contributed by atoms with van der Waals surface area (Å²) in [5.74, 6) is 0.666. The first-order valence-corrected chi connectivity index (χ1v) is 10.6. The topological polar surface area (TPSA) is 78.6 Å². The highest BCUT2D eigenvalue weighted by Gasteiger charge is 2.31. The number of methoxy groups -OCH3 is 2. The number of hydrogen-bond donors (Lipinski definition) is 2. The van der Waals surface area contributed by atoms with Gasteiger partial charge in [0.25, 0.3) is 0 Å². The number of pyridine rings is 1. The molecule has 0 saturated heterocycles. The minimum absolute atomic E-state index is 0.0358. The number of nitrogens with two attached hydrogens (primary N) is 1. The molecule has 0 saturated carbocycles. The maximum atomic E-state index is 13.2. The van der Waals surface area contributed by atoms with Crippen molar-refractivity contribution in [1.29, 1.82) is 0 Å². The summed E-state index contributed by atoms with van der Waals surface area (Å²) in [6.45, 7) is 2.89. The van der Waals surface area contributed by atoms with E-state index in [0.29, 0.717) is 23.2 Å². The van der Waals surface area contributed by atoms with Crippen molar-refractivity contribution in [3.8, 4) is 17.2 Å². The molecule has 1 atom stereocenters. The first kappa shape index (κ1) is 24.6. The summed E-state index contributed by atoms with van der Waals surface area (Å²) in [5, 5.41) is 4.04. The Morgan fingerprint density at radius 2 is 1.94 bits per heavy atom.